The van der Waals surface area contributed by atoms with Crippen LogP contribution < -0.4 is 10.1 Å². The van der Waals surface area contributed by atoms with Gasteiger partial charge in [-0.05, 0) is 28.1 Å². The summed E-state index contributed by atoms with van der Waals surface area (Å²) in [6.07, 6.45) is 3.76. The van der Waals surface area contributed by atoms with Gasteiger partial charge in [-0.2, -0.15) is 0 Å². The normalized spacial score (nSPS) is 11.5. The fourth-order valence-corrected chi connectivity index (χ4v) is 3.08. The molecule has 0 atom stereocenters. The van der Waals surface area contributed by atoms with Crippen LogP contribution in [0.4, 0.5) is 0 Å². The number of rotatable bonds is 8. The number of hydrogen-bond donors (Lipinski definition) is 1. The first kappa shape index (κ1) is 20.3. The molecule has 0 amide bonds. The Balaban J connectivity index is 1.97. The summed E-state index contributed by atoms with van der Waals surface area (Å²) in [5, 5.41) is 3.37. The Bertz CT molecular complexity index is 732. The van der Waals surface area contributed by atoms with Crippen molar-refractivity contribution >= 4 is 21.9 Å². The van der Waals surface area contributed by atoms with Crippen molar-refractivity contribution in [1.82, 2.24) is 19.8 Å². The van der Waals surface area contributed by atoms with Crippen LogP contribution in [-0.4, -0.2) is 54.8 Å². The maximum Gasteiger partial charge on any atom is 0.218 e. The van der Waals surface area contributed by atoms with E-state index in [1.54, 1.807) is 20.4 Å². The van der Waals surface area contributed by atoms with Gasteiger partial charge in [-0.25, -0.2) is 4.98 Å². The number of pyridine rings is 1. The highest BCUT2D eigenvalue weighted by molar-refractivity contribution is 9.10. The lowest BCUT2D eigenvalue weighted by Crippen LogP contribution is -2.38. The maximum atomic E-state index is 5.68. The van der Waals surface area contributed by atoms with E-state index in [1.807, 2.05) is 32.4 Å². The SMILES string of the molecule is CN=C(NCc1cccnc1OCCOC)N(C)Cc1cc(Br)cn1C. The zero-order chi connectivity index (χ0) is 18.9. The molecule has 0 aliphatic carbocycles. The topological polar surface area (TPSA) is 63.9 Å². The highest BCUT2D eigenvalue weighted by Crippen LogP contribution is 2.16. The monoisotopic (exact) mass is 423 g/mol. The number of aromatic nitrogens is 2. The predicted molar refractivity (Wildman–Crippen MR) is 106 cm³/mol. The quantitative estimate of drug-likeness (QED) is 0.401. The van der Waals surface area contributed by atoms with E-state index in [9.17, 15) is 0 Å². The number of halogens is 1. The van der Waals surface area contributed by atoms with Crippen LogP contribution in [0.25, 0.3) is 0 Å². The van der Waals surface area contributed by atoms with Gasteiger partial charge in [0, 0.05) is 62.9 Å². The summed E-state index contributed by atoms with van der Waals surface area (Å²) in [5.74, 6) is 1.41. The summed E-state index contributed by atoms with van der Waals surface area (Å²) in [6, 6.07) is 5.99. The molecule has 0 unspecified atom stereocenters. The summed E-state index contributed by atoms with van der Waals surface area (Å²) >= 11 is 3.51. The number of aliphatic imine (C=N–C) groups is 1. The van der Waals surface area contributed by atoms with E-state index >= 15 is 0 Å². The molecule has 7 nitrogen and oxygen atoms in total. The summed E-state index contributed by atoms with van der Waals surface area (Å²) < 4.78 is 13.9. The number of nitrogens with zero attached hydrogens (tertiary/aromatic N) is 4. The first-order chi connectivity index (χ1) is 12.5. The largest absolute Gasteiger partial charge is 0.475 e. The third-order valence-electron chi connectivity index (χ3n) is 3.86. The van der Waals surface area contributed by atoms with E-state index in [0.717, 1.165) is 22.5 Å². The van der Waals surface area contributed by atoms with Gasteiger partial charge in [-0.15, -0.1) is 0 Å². The zero-order valence-corrected chi connectivity index (χ0v) is 17.3. The molecule has 2 aromatic rings. The Hall–Kier alpha value is -2.06. The molecule has 0 fully saturated rings. The maximum absolute atomic E-state index is 5.68. The zero-order valence-electron chi connectivity index (χ0n) is 15.7. The molecular weight excluding hydrogens is 398 g/mol. The van der Waals surface area contributed by atoms with Crippen LogP contribution in [0.3, 0.4) is 0 Å². The van der Waals surface area contributed by atoms with Gasteiger partial charge in [0.15, 0.2) is 5.96 Å². The minimum absolute atomic E-state index is 0.470. The van der Waals surface area contributed by atoms with Gasteiger partial charge in [0.05, 0.1) is 13.2 Å². The van der Waals surface area contributed by atoms with Crippen LogP contribution in [0.5, 0.6) is 5.88 Å². The van der Waals surface area contributed by atoms with Crippen LogP contribution in [-0.2, 0) is 24.9 Å². The molecule has 0 radical (unpaired) electrons. The Morgan fingerprint density at radius 1 is 1.42 bits per heavy atom. The molecule has 0 spiro atoms. The second-order valence-corrected chi connectivity index (χ2v) is 6.74. The molecule has 0 bridgehead atoms. The average Bonchev–Trinajstić information content (AvgIpc) is 2.94. The third-order valence-corrected chi connectivity index (χ3v) is 4.29. The fraction of sp³-hybridized carbons (Fsp3) is 0.444. The molecule has 142 valence electrons. The molecule has 8 heteroatoms. The molecule has 1 N–H and O–H groups in total. The molecule has 0 aromatic carbocycles. The minimum atomic E-state index is 0.470. The molecule has 0 aliphatic rings. The van der Waals surface area contributed by atoms with E-state index in [2.05, 4.69) is 46.8 Å². The van der Waals surface area contributed by atoms with E-state index < -0.39 is 0 Å². The lowest BCUT2D eigenvalue weighted by molar-refractivity contribution is 0.143. The Morgan fingerprint density at radius 2 is 2.23 bits per heavy atom. The summed E-state index contributed by atoms with van der Waals surface area (Å²) in [5.41, 5.74) is 2.16. The van der Waals surface area contributed by atoms with Gasteiger partial charge >= 0.3 is 0 Å². The number of methoxy groups -OCH3 is 1. The van der Waals surface area contributed by atoms with Gasteiger partial charge in [0.25, 0.3) is 0 Å². The van der Waals surface area contributed by atoms with Crippen LogP contribution in [0.15, 0.2) is 40.1 Å². The predicted octanol–water partition coefficient (Wildman–Crippen LogP) is 2.42. The van der Waals surface area contributed by atoms with Crippen molar-refractivity contribution in [2.45, 2.75) is 13.1 Å². The number of guanidine groups is 1. The van der Waals surface area contributed by atoms with Crippen molar-refractivity contribution in [3.8, 4) is 5.88 Å². The molecular formula is C18H26BrN5O2. The lowest BCUT2D eigenvalue weighted by atomic mass is 10.2. The number of hydrogen-bond acceptors (Lipinski definition) is 4. The van der Waals surface area contributed by atoms with E-state index in [0.29, 0.717) is 25.6 Å². The first-order valence-corrected chi connectivity index (χ1v) is 9.12. The van der Waals surface area contributed by atoms with Crippen LogP contribution in [0, 0.1) is 0 Å². The molecule has 0 saturated carbocycles. The Labute approximate surface area is 163 Å². The van der Waals surface area contributed by atoms with Crippen molar-refractivity contribution in [2.75, 3.05) is 34.4 Å². The molecule has 26 heavy (non-hydrogen) atoms. The standard InChI is InChI=1S/C18H26BrN5O2/c1-20-18(24(3)13-16-10-15(19)12-23(16)2)22-11-14-6-5-7-21-17(14)26-9-8-25-4/h5-7,10,12H,8-9,11,13H2,1-4H3,(H,20,22). The highest BCUT2D eigenvalue weighted by Gasteiger charge is 2.11. The van der Waals surface area contributed by atoms with Gasteiger partial charge in [0.2, 0.25) is 5.88 Å². The second kappa shape index (κ2) is 10.2. The van der Waals surface area contributed by atoms with Crippen molar-refractivity contribution in [2.24, 2.45) is 12.0 Å². The number of nitrogens with one attached hydrogen (secondary N) is 1. The minimum Gasteiger partial charge on any atom is -0.475 e. The molecule has 0 aliphatic heterocycles. The van der Waals surface area contributed by atoms with E-state index in [4.69, 9.17) is 9.47 Å². The van der Waals surface area contributed by atoms with Gasteiger partial charge in [-0.1, -0.05) is 6.07 Å². The van der Waals surface area contributed by atoms with Crippen molar-refractivity contribution in [1.29, 1.82) is 0 Å². The number of ether oxygens (including phenoxy) is 2. The smallest absolute Gasteiger partial charge is 0.218 e. The van der Waals surface area contributed by atoms with Crippen LogP contribution in [0.2, 0.25) is 0 Å². The van der Waals surface area contributed by atoms with Gasteiger partial charge in [0.1, 0.15) is 6.61 Å². The van der Waals surface area contributed by atoms with Crippen LogP contribution in [0.1, 0.15) is 11.3 Å². The van der Waals surface area contributed by atoms with Crippen molar-refractivity contribution in [3.63, 3.8) is 0 Å². The van der Waals surface area contributed by atoms with Crippen molar-refractivity contribution < 1.29 is 9.47 Å². The molecule has 2 heterocycles. The van der Waals surface area contributed by atoms with E-state index in [-0.39, 0.29) is 0 Å². The molecule has 2 rings (SSSR count). The van der Waals surface area contributed by atoms with Gasteiger partial charge in [-0.3, -0.25) is 4.99 Å². The Morgan fingerprint density at radius 3 is 2.88 bits per heavy atom. The average molecular weight is 424 g/mol. The van der Waals surface area contributed by atoms with Gasteiger partial charge < -0.3 is 24.3 Å². The summed E-state index contributed by atoms with van der Waals surface area (Å²) in [7, 11) is 7.47. The van der Waals surface area contributed by atoms with Crippen LogP contribution >= 0.6 is 15.9 Å². The van der Waals surface area contributed by atoms with E-state index in [1.165, 1.54) is 5.69 Å². The third kappa shape index (κ3) is 5.74. The number of aryl methyl sites for hydroxylation is 1. The summed E-state index contributed by atoms with van der Waals surface area (Å²) in [6.45, 7) is 2.31. The Kier molecular flexibility index (Phi) is 7.93. The first-order valence-electron chi connectivity index (χ1n) is 8.33. The summed E-state index contributed by atoms with van der Waals surface area (Å²) in [4.78, 5) is 10.7. The highest BCUT2D eigenvalue weighted by atomic mass is 79.9. The second-order valence-electron chi connectivity index (χ2n) is 5.83. The van der Waals surface area contributed by atoms with Crippen molar-refractivity contribution in [3.05, 3.63) is 46.3 Å². The fourth-order valence-electron chi connectivity index (χ4n) is 2.51. The lowest BCUT2D eigenvalue weighted by Gasteiger charge is -2.22. The molecule has 2 aromatic heterocycles. The molecule has 0 saturated heterocycles.